The van der Waals surface area contributed by atoms with Crippen LogP contribution in [0.1, 0.15) is 50.3 Å². The van der Waals surface area contributed by atoms with E-state index in [0.717, 1.165) is 27.5 Å². The summed E-state index contributed by atoms with van der Waals surface area (Å²) < 4.78 is 16.3. The third kappa shape index (κ3) is 11.1. The standard InChI is InChI=1S/C37H40N2O7/c1-37(2,3)46-36(43)39-32(23-28-18-19-29-16-10-11-17-30(29)22-28)34(41)38-31(35(42)45-25-27-14-8-5-9-15-27)20-21-33(40)44-24-26-12-6-4-7-13-26/h4-19,22,31-32H,20-21,23-25H2,1-3H3,(H,38,41)(H,39,43)/t31-,32-/m0/s1. The van der Waals surface area contributed by atoms with Gasteiger partial charge in [0.05, 0.1) is 0 Å². The lowest BCUT2D eigenvalue weighted by atomic mass is 10.0. The summed E-state index contributed by atoms with van der Waals surface area (Å²) in [5.74, 6) is -1.87. The minimum absolute atomic E-state index is 0.0127. The van der Waals surface area contributed by atoms with Crippen molar-refractivity contribution in [3.63, 3.8) is 0 Å². The Morgan fingerprint density at radius 2 is 1.24 bits per heavy atom. The van der Waals surface area contributed by atoms with Gasteiger partial charge in [0.25, 0.3) is 0 Å². The van der Waals surface area contributed by atoms with Gasteiger partial charge in [-0.25, -0.2) is 9.59 Å². The lowest BCUT2D eigenvalue weighted by molar-refractivity contribution is -0.150. The molecule has 0 saturated carbocycles. The Bertz CT molecular complexity index is 1620. The molecule has 240 valence electrons. The van der Waals surface area contributed by atoms with Gasteiger partial charge < -0.3 is 24.8 Å². The van der Waals surface area contributed by atoms with Crippen LogP contribution < -0.4 is 10.6 Å². The molecular weight excluding hydrogens is 584 g/mol. The van der Waals surface area contributed by atoms with Crippen molar-refractivity contribution in [2.45, 2.75) is 70.9 Å². The fourth-order valence-electron chi connectivity index (χ4n) is 4.68. The number of benzene rings is 4. The van der Waals surface area contributed by atoms with Gasteiger partial charge in [0.15, 0.2) is 0 Å². The highest BCUT2D eigenvalue weighted by molar-refractivity contribution is 5.90. The van der Waals surface area contributed by atoms with Crippen molar-refractivity contribution >= 4 is 34.7 Å². The van der Waals surface area contributed by atoms with E-state index in [-0.39, 0.29) is 32.5 Å². The smallest absolute Gasteiger partial charge is 0.408 e. The van der Waals surface area contributed by atoms with E-state index in [1.807, 2.05) is 103 Å². The monoisotopic (exact) mass is 624 g/mol. The van der Waals surface area contributed by atoms with Gasteiger partial charge in [-0.05, 0) is 54.7 Å². The predicted molar refractivity (Wildman–Crippen MR) is 174 cm³/mol. The van der Waals surface area contributed by atoms with Crippen LogP contribution in [0.4, 0.5) is 4.79 Å². The van der Waals surface area contributed by atoms with E-state index in [9.17, 15) is 19.2 Å². The van der Waals surface area contributed by atoms with Crippen molar-refractivity contribution < 1.29 is 33.4 Å². The predicted octanol–water partition coefficient (Wildman–Crippen LogP) is 6.03. The van der Waals surface area contributed by atoms with E-state index in [4.69, 9.17) is 14.2 Å². The average molecular weight is 625 g/mol. The summed E-state index contributed by atoms with van der Waals surface area (Å²) >= 11 is 0. The van der Waals surface area contributed by atoms with Crippen molar-refractivity contribution in [3.05, 3.63) is 120 Å². The highest BCUT2D eigenvalue weighted by atomic mass is 16.6. The van der Waals surface area contributed by atoms with E-state index in [2.05, 4.69) is 10.6 Å². The van der Waals surface area contributed by atoms with Crippen LogP contribution in [0.15, 0.2) is 103 Å². The number of hydrogen-bond acceptors (Lipinski definition) is 7. The van der Waals surface area contributed by atoms with Gasteiger partial charge >= 0.3 is 18.0 Å². The van der Waals surface area contributed by atoms with Crippen LogP contribution in [0.2, 0.25) is 0 Å². The number of alkyl carbamates (subject to hydrolysis) is 1. The molecule has 0 fully saturated rings. The van der Waals surface area contributed by atoms with E-state index in [0.29, 0.717) is 0 Å². The Hall–Kier alpha value is -5.18. The number of esters is 2. The van der Waals surface area contributed by atoms with Crippen LogP contribution >= 0.6 is 0 Å². The first-order chi connectivity index (χ1) is 22.1. The number of fused-ring (bicyclic) bond motifs is 1. The molecule has 0 aliphatic rings. The number of rotatable bonds is 13. The first-order valence-corrected chi connectivity index (χ1v) is 15.2. The van der Waals surface area contributed by atoms with Crippen molar-refractivity contribution in [2.24, 2.45) is 0 Å². The second-order valence-corrected chi connectivity index (χ2v) is 11.9. The van der Waals surface area contributed by atoms with Crippen LogP contribution in [0.25, 0.3) is 10.8 Å². The Balaban J connectivity index is 1.49. The summed E-state index contributed by atoms with van der Waals surface area (Å²) in [4.78, 5) is 52.4. The van der Waals surface area contributed by atoms with Crippen molar-refractivity contribution in [1.82, 2.24) is 10.6 Å². The second kappa shape index (κ2) is 16.2. The summed E-state index contributed by atoms with van der Waals surface area (Å²) in [5, 5.41) is 7.39. The first kappa shape index (κ1) is 33.7. The molecule has 2 atom stereocenters. The van der Waals surface area contributed by atoms with Gasteiger partial charge in [0, 0.05) is 12.8 Å². The molecule has 2 amide bonds. The minimum atomic E-state index is -1.18. The van der Waals surface area contributed by atoms with Crippen molar-refractivity contribution in [2.75, 3.05) is 0 Å². The van der Waals surface area contributed by atoms with Crippen LogP contribution in [0.5, 0.6) is 0 Å². The van der Waals surface area contributed by atoms with Crippen LogP contribution in [0.3, 0.4) is 0 Å². The lowest BCUT2D eigenvalue weighted by Crippen LogP contribution is -2.53. The molecule has 2 N–H and O–H groups in total. The third-order valence-corrected chi connectivity index (χ3v) is 6.97. The molecule has 4 rings (SSSR count). The molecule has 9 nitrogen and oxygen atoms in total. The molecule has 0 unspecified atom stereocenters. The maximum atomic E-state index is 13.8. The molecule has 0 aliphatic heterocycles. The maximum absolute atomic E-state index is 13.8. The van der Waals surface area contributed by atoms with Crippen molar-refractivity contribution in [3.8, 4) is 0 Å². The van der Waals surface area contributed by atoms with Crippen LogP contribution in [-0.4, -0.2) is 41.6 Å². The molecule has 46 heavy (non-hydrogen) atoms. The molecular formula is C37H40N2O7. The number of ether oxygens (including phenoxy) is 3. The zero-order valence-electron chi connectivity index (χ0n) is 26.4. The van der Waals surface area contributed by atoms with Gasteiger partial charge in [0.2, 0.25) is 5.91 Å². The van der Waals surface area contributed by atoms with Crippen LogP contribution in [0, 0.1) is 0 Å². The third-order valence-electron chi connectivity index (χ3n) is 6.97. The molecule has 4 aromatic rings. The summed E-state index contributed by atoms with van der Waals surface area (Å²) in [6, 6.07) is 29.7. The van der Waals surface area contributed by atoms with Gasteiger partial charge in [-0.15, -0.1) is 0 Å². The molecule has 0 spiro atoms. The second-order valence-electron chi connectivity index (χ2n) is 11.9. The normalized spacial score (nSPS) is 12.4. The van der Waals surface area contributed by atoms with Gasteiger partial charge in [-0.1, -0.05) is 103 Å². The Morgan fingerprint density at radius 1 is 0.652 bits per heavy atom. The van der Waals surface area contributed by atoms with E-state index in [1.165, 1.54) is 0 Å². The number of amides is 2. The van der Waals surface area contributed by atoms with E-state index in [1.54, 1.807) is 20.8 Å². The molecule has 0 aliphatic carbocycles. The zero-order valence-corrected chi connectivity index (χ0v) is 26.4. The quantitative estimate of drug-likeness (QED) is 0.138. The van der Waals surface area contributed by atoms with Crippen LogP contribution in [-0.2, 0) is 48.2 Å². The topological polar surface area (TPSA) is 120 Å². The zero-order chi connectivity index (χ0) is 32.9. The first-order valence-electron chi connectivity index (χ1n) is 15.2. The summed E-state index contributed by atoms with van der Waals surface area (Å²) in [7, 11) is 0. The van der Waals surface area contributed by atoms with Gasteiger partial charge in [-0.3, -0.25) is 9.59 Å². The molecule has 4 aromatic carbocycles. The van der Waals surface area contributed by atoms with E-state index < -0.39 is 41.6 Å². The average Bonchev–Trinajstić information content (AvgIpc) is 3.04. The summed E-state index contributed by atoms with van der Waals surface area (Å²) in [6.07, 6.45) is -0.864. The lowest BCUT2D eigenvalue weighted by Gasteiger charge is -2.25. The fraction of sp³-hybridized carbons (Fsp3) is 0.297. The SMILES string of the molecule is CC(C)(C)OC(=O)N[C@@H](Cc1ccc2ccccc2c1)C(=O)N[C@@H](CCC(=O)OCc1ccccc1)C(=O)OCc1ccccc1. The summed E-state index contributed by atoms with van der Waals surface area (Å²) in [6.45, 7) is 5.24. The minimum Gasteiger partial charge on any atom is -0.461 e. The van der Waals surface area contributed by atoms with Gasteiger partial charge in [-0.2, -0.15) is 0 Å². The number of hydrogen-bond donors (Lipinski definition) is 2. The Morgan fingerprint density at radius 3 is 1.87 bits per heavy atom. The Labute approximate surface area is 269 Å². The fourth-order valence-corrected chi connectivity index (χ4v) is 4.68. The maximum Gasteiger partial charge on any atom is 0.408 e. The molecule has 0 radical (unpaired) electrons. The molecule has 9 heteroatoms. The largest absolute Gasteiger partial charge is 0.461 e. The summed E-state index contributed by atoms with van der Waals surface area (Å²) in [5.41, 5.74) is 1.59. The van der Waals surface area contributed by atoms with Gasteiger partial charge in [0.1, 0.15) is 30.9 Å². The van der Waals surface area contributed by atoms with E-state index >= 15 is 0 Å². The molecule has 0 aromatic heterocycles. The number of carbonyl (C=O) groups excluding carboxylic acids is 4. The number of carbonyl (C=O) groups is 4. The Kier molecular flexibility index (Phi) is 11.9. The highest BCUT2D eigenvalue weighted by Gasteiger charge is 2.30. The molecule has 0 saturated heterocycles. The molecule has 0 heterocycles. The highest BCUT2D eigenvalue weighted by Crippen LogP contribution is 2.18. The van der Waals surface area contributed by atoms with Crippen molar-refractivity contribution in [1.29, 1.82) is 0 Å². The molecule has 0 bridgehead atoms. The number of nitrogens with one attached hydrogen (secondary N) is 2.